The van der Waals surface area contributed by atoms with Gasteiger partial charge in [-0.3, -0.25) is 4.90 Å². The molecule has 1 aromatic carbocycles. The van der Waals surface area contributed by atoms with Gasteiger partial charge in [-0.15, -0.1) is 23.7 Å². The van der Waals surface area contributed by atoms with Crippen LogP contribution in [0.2, 0.25) is 0 Å². The van der Waals surface area contributed by atoms with E-state index in [0.29, 0.717) is 5.92 Å². The Morgan fingerprint density at radius 1 is 1.29 bits per heavy atom. The first-order chi connectivity index (χ1) is 9.76. The van der Waals surface area contributed by atoms with Crippen molar-refractivity contribution in [3.05, 3.63) is 52.0 Å². The Kier molecular flexibility index (Phi) is 5.76. The maximum atomic E-state index is 6.33. The molecule has 2 heterocycles. The number of hydrogen-bond donors (Lipinski definition) is 1. The standard InChI is InChI=1S/C16H21N3S.ClH/c1-2-13-8-18-16(20-13)11-19-9-14(15(17)10-19)12-6-4-3-5-7-12;/h3-8,14-15H,2,9-11,17H2,1H3;1H/t14-,15+;/m0./s1. The number of rotatable bonds is 4. The number of halogens is 1. The predicted octanol–water partition coefficient (Wildman–Crippen LogP) is 3.05. The Morgan fingerprint density at radius 2 is 2.05 bits per heavy atom. The zero-order valence-electron chi connectivity index (χ0n) is 12.2. The molecule has 2 N–H and O–H groups in total. The van der Waals surface area contributed by atoms with E-state index in [-0.39, 0.29) is 18.4 Å². The maximum Gasteiger partial charge on any atom is 0.107 e. The molecule has 114 valence electrons. The van der Waals surface area contributed by atoms with E-state index < -0.39 is 0 Å². The monoisotopic (exact) mass is 323 g/mol. The van der Waals surface area contributed by atoms with Crippen molar-refractivity contribution in [3.8, 4) is 0 Å². The largest absolute Gasteiger partial charge is 0.326 e. The molecule has 1 saturated heterocycles. The van der Waals surface area contributed by atoms with Crippen molar-refractivity contribution < 1.29 is 0 Å². The highest BCUT2D eigenvalue weighted by Gasteiger charge is 2.31. The van der Waals surface area contributed by atoms with E-state index in [2.05, 4.69) is 47.1 Å². The zero-order valence-corrected chi connectivity index (χ0v) is 13.9. The fourth-order valence-corrected chi connectivity index (χ4v) is 3.78. The highest BCUT2D eigenvalue weighted by Crippen LogP contribution is 2.28. The van der Waals surface area contributed by atoms with Gasteiger partial charge in [-0.2, -0.15) is 0 Å². The van der Waals surface area contributed by atoms with Crippen LogP contribution in [0.1, 0.15) is 28.3 Å². The molecule has 1 fully saturated rings. The lowest BCUT2D eigenvalue weighted by atomic mass is 9.95. The van der Waals surface area contributed by atoms with Crippen LogP contribution in [0.4, 0.5) is 0 Å². The van der Waals surface area contributed by atoms with Crippen molar-refractivity contribution >= 4 is 23.7 Å². The van der Waals surface area contributed by atoms with Gasteiger partial charge < -0.3 is 5.73 Å². The molecule has 2 atom stereocenters. The molecule has 0 spiro atoms. The summed E-state index contributed by atoms with van der Waals surface area (Å²) < 4.78 is 0. The summed E-state index contributed by atoms with van der Waals surface area (Å²) in [5.74, 6) is 0.446. The lowest BCUT2D eigenvalue weighted by Gasteiger charge is -2.14. The Labute approximate surface area is 136 Å². The molecule has 5 heteroatoms. The third-order valence-electron chi connectivity index (χ3n) is 3.98. The Balaban J connectivity index is 0.00000161. The maximum absolute atomic E-state index is 6.33. The first-order valence-corrected chi connectivity index (χ1v) is 8.04. The summed E-state index contributed by atoms with van der Waals surface area (Å²) in [5.41, 5.74) is 7.69. The van der Waals surface area contributed by atoms with Gasteiger partial charge in [0.1, 0.15) is 5.01 Å². The number of thiazole rings is 1. The molecule has 0 bridgehead atoms. The summed E-state index contributed by atoms with van der Waals surface area (Å²) in [5, 5.41) is 1.21. The van der Waals surface area contributed by atoms with Gasteiger partial charge in [0.15, 0.2) is 0 Å². The minimum absolute atomic E-state index is 0. The Hall–Kier alpha value is -0.940. The van der Waals surface area contributed by atoms with E-state index in [9.17, 15) is 0 Å². The lowest BCUT2D eigenvalue weighted by Crippen LogP contribution is -2.28. The van der Waals surface area contributed by atoms with Gasteiger partial charge in [-0.05, 0) is 12.0 Å². The smallest absolute Gasteiger partial charge is 0.107 e. The van der Waals surface area contributed by atoms with Crippen molar-refractivity contribution in [2.45, 2.75) is 31.8 Å². The van der Waals surface area contributed by atoms with Crippen molar-refractivity contribution in [2.75, 3.05) is 13.1 Å². The molecule has 3 nitrogen and oxygen atoms in total. The van der Waals surface area contributed by atoms with Gasteiger partial charge in [0, 0.05) is 36.1 Å². The first kappa shape index (κ1) is 16.4. The van der Waals surface area contributed by atoms with Crippen molar-refractivity contribution in [1.82, 2.24) is 9.88 Å². The van der Waals surface area contributed by atoms with E-state index in [1.54, 1.807) is 0 Å². The van der Waals surface area contributed by atoms with Gasteiger partial charge >= 0.3 is 0 Å². The van der Waals surface area contributed by atoms with Crippen molar-refractivity contribution in [1.29, 1.82) is 0 Å². The summed E-state index contributed by atoms with van der Waals surface area (Å²) in [6, 6.07) is 10.9. The number of hydrogen-bond acceptors (Lipinski definition) is 4. The van der Waals surface area contributed by atoms with Crippen LogP contribution < -0.4 is 5.73 Å². The second-order valence-corrected chi connectivity index (χ2v) is 6.65. The van der Waals surface area contributed by atoms with E-state index in [1.807, 2.05) is 17.5 Å². The van der Waals surface area contributed by atoms with Gasteiger partial charge in [0.05, 0.1) is 6.54 Å². The number of benzene rings is 1. The zero-order chi connectivity index (χ0) is 13.9. The molecule has 1 aromatic heterocycles. The quantitative estimate of drug-likeness (QED) is 0.940. The number of nitrogens with two attached hydrogens (primary N) is 1. The van der Waals surface area contributed by atoms with Crippen molar-refractivity contribution in [3.63, 3.8) is 0 Å². The number of aromatic nitrogens is 1. The summed E-state index contributed by atoms with van der Waals surface area (Å²) >= 11 is 1.82. The molecule has 2 aromatic rings. The Bertz CT molecular complexity index is 558. The van der Waals surface area contributed by atoms with Crippen LogP contribution in [-0.2, 0) is 13.0 Å². The van der Waals surface area contributed by atoms with E-state index >= 15 is 0 Å². The molecular formula is C16H22ClN3S. The van der Waals surface area contributed by atoms with E-state index in [4.69, 9.17) is 5.73 Å². The number of aryl methyl sites for hydroxylation is 1. The fourth-order valence-electron chi connectivity index (χ4n) is 2.87. The Morgan fingerprint density at radius 3 is 2.71 bits per heavy atom. The summed E-state index contributed by atoms with van der Waals surface area (Å²) in [7, 11) is 0. The molecule has 21 heavy (non-hydrogen) atoms. The van der Waals surface area contributed by atoms with E-state index in [1.165, 1.54) is 15.4 Å². The highest BCUT2D eigenvalue weighted by molar-refractivity contribution is 7.11. The molecule has 3 rings (SSSR count). The normalized spacial score (nSPS) is 22.2. The molecule has 0 unspecified atom stereocenters. The molecule has 0 aliphatic carbocycles. The third kappa shape index (κ3) is 3.83. The molecule has 0 amide bonds. The van der Waals surface area contributed by atoms with Crippen LogP contribution >= 0.6 is 23.7 Å². The topological polar surface area (TPSA) is 42.2 Å². The van der Waals surface area contributed by atoms with Gasteiger partial charge in [0.2, 0.25) is 0 Å². The summed E-state index contributed by atoms with van der Waals surface area (Å²) in [4.78, 5) is 8.30. The van der Waals surface area contributed by atoms with Crippen LogP contribution in [0.3, 0.4) is 0 Å². The average molecular weight is 324 g/mol. The molecule has 0 saturated carbocycles. The summed E-state index contributed by atoms with van der Waals surface area (Å²) in [6.45, 7) is 5.10. The van der Waals surface area contributed by atoms with Crippen LogP contribution in [0.5, 0.6) is 0 Å². The van der Waals surface area contributed by atoms with Gasteiger partial charge in [-0.1, -0.05) is 37.3 Å². The average Bonchev–Trinajstić information content (AvgIpc) is 3.07. The number of likely N-dealkylation sites (tertiary alicyclic amines) is 1. The SMILES string of the molecule is CCc1cnc(CN2C[C@@H](N)[C@H](c3ccccc3)C2)s1.Cl. The minimum Gasteiger partial charge on any atom is -0.326 e. The fraction of sp³-hybridized carbons (Fsp3) is 0.438. The molecule has 1 aliphatic heterocycles. The van der Waals surface area contributed by atoms with E-state index in [0.717, 1.165) is 26.1 Å². The van der Waals surface area contributed by atoms with Gasteiger partial charge in [-0.25, -0.2) is 4.98 Å². The molecule has 0 radical (unpaired) electrons. The van der Waals surface area contributed by atoms with Gasteiger partial charge in [0.25, 0.3) is 0 Å². The highest BCUT2D eigenvalue weighted by atomic mass is 35.5. The molecular weight excluding hydrogens is 302 g/mol. The van der Waals surface area contributed by atoms with Crippen molar-refractivity contribution in [2.24, 2.45) is 5.73 Å². The van der Waals surface area contributed by atoms with Crippen LogP contribution in [0.15, 0.2) is 36.5 Å². The minimum atomic E-state index is 0. The van der Waals surface area contributed by atoms with Crippen LogP contribution in [0.25, 0.3) is 0 Å². The third-order valence-corrected chi connectivity index (χ3v) is 5.10. The number of nitrogens with zero attached hydrogens (tertiary/aromatic N) is 2. The van der Waals surface area contributed by atoms with Crippen LogP contribution in [-0.4, -0.2) is 29.0 Å². The first-order valence-electron chi connectivity index (χ1n) is 7.22. The lowest BCUT2D eigenvalue weighted by molar-refractivity contribution is 0.323. The molecule has 1 aliphatic rings. The summed E-state index contributed by atoms with van der Waals surface area (Å²) in [6.07, 6.45) is 3.08. The van der Waals surface area contributed by atoms with Crippen LogP contribution in [0, 0.1) is 0 Å². The second kappa shape index (κ2) is 7.36. The second-order valence-electron chi connectivity index (χ2n) is 5.45. The predicted molar refractivity (Wildman–Crippen MR) is 91.2 cm³/mol.